The zero-order valence-corrected chi connectivity index (χ0v) is 23.4. The second-order valence-electron chi connectivity index (χ2n) is 9.14. The highest BCUT2D eigenvalue weighted by Gasteiger charge is 2.37. The second-order valence-corrected chi connectivity index (χ2v) is 10.7. The molecule has 4 rings (SSSR count). The number of primary amides is 1. The number of amides is 1. The average molecular weight is 582 g/mol. The van der Waals surface area contributed by atoms with Crippen molar-refractivity contribution in [2.75, 3.05) is 13.2 Å². The molecule has 37 heavy (non-hydrogen) atoms. The minimum atomic E-state index is -0.466. The summed E-state index contributed by atoms with van der Waals surface area (Å²) in [4.78, 5) is 14.7. The van der Waals surface area contributed by atoms with E-state index in [0.717, 1.165) is 29.5 Å². The van der Waals surface area contributed by atoms with Crippen molar-refractivity contribution in [1.82, 2.24) is 4.90 Å². The fourth-order valence-corrected chi connectivity index (χ4v) is 5.31. The SMILES string of the molecule is Cc1cc(Cl)c(OCCOc2ccc(C[C@@H](C(N)=O)N(Cc3cccc(Cl)c3Cl)C3CC3)cc2)c(Cl)c1. The van der Waals surface area contributed by atoms with Crippen molar-refractivity contribution in [1.29, 1.82) is 0 Å². The topological polar surface area (TPSA) is 64.8 Å². The van der Waals surface area contributed by atoms with Crippen LogP contribution in [0.1, 0.15) is 29.5 Å². The van der Waals surface area contributed by atoms with Crippen molar-refractivity contribution in [3.8, 4) is 11.5 Å². The molecule has 0 aromatic heterocycles. The molecule has 9 heteroatoms. The highest BCUT2D eigenvalue weighted by atomic mass is 35.5. The number of halogens is 4. The fraction of sp³-hybridized carbons (Fsp3) is 0.321. The molecule has 0 unspecified atom stereocenters. The lowest BCUT2D eigenvalue weighted by Gasteiger charge is -2.30. The third kappa shape index (κ3) is 7.46. The lowest BCUT2D eigenvalue weighted by Crippen LogP contribution is -2.47. The summed E-state index contributed by atoms with van der Waals surface area (Å²) in [6.45, 7) is 3.03. The van der Waals surface area contributed by atoms with Gasteiger partial charge in [-0.25, -0.2) is 0 Å². The molecule has 0 saturated heterocycles. The Morgan fingerprint density at radius 3 is 2.24 bits per heavy atom. The quantitative estimate of drug-likeness (QED) is 0.231. The summed E-state index contributed by atoms with van der Waals surface area (Å²) in [6.07, 6.45) is 2.53. The van der Waals surface area contributed by atoms with E-state index in [9.17, 15) is 4.79 Å². The van der Waals surface area contributed by atoms with Crippen LogP contribution in [-0.4, -0.2) is 36.1 Å². The van der Waals surface area contributed by atoms with Gasteiger partial charge in [-0.1, -0.05) is 70.7 Å². The van der Waals surface area contributed by atoms with E-state index in [4.69, 9.17) is 61.6 Å². The maximum Gasteiger partial charge on any atom is 0.235 e. The Labute approximate surface area is 237 Å². The highest BCUT2D eigenvalue weighted by molar-refractivity contribution is 6.42. The summed E-state index contributed by atoms with van der Waals surface area (Å²) in [5.41, 5.74) is 8.69. The number of aryl methyl sites for hydroxylation is 1. The van der Waals surface area contributed by atoms with Gasteiger partial charge in [0.2, 0.25) is 5.91 Å². The lowest BCUT2D eigenvalue weighted by atomic mass is 10.0. The van der Waals surface area contributed by atoms with Crippen LogP contribution in [-0.2, 0) is 17.8 Å². The van der Waals surface area contributed by atoms with E-state index in [1.54, 1.807) is 18.2 Å². The maximum atomic E-state index is 12.5. The van der Waals surface area contributed by atoms with Crippen LogP contribution in [0.4, 0.5) is 0 Å². The Bertz CT molecular complexity index is 1230. The minimum absolute atomic E-state index is 0.288. The number of ether oxygens (including phenoxy) is 2. The van der Waals surface area contributed by atoms with Crippen molar-refractivity contribution >= 4 is 52.3 Å². The molecule has 2 N–H and O–H groups in total. The summed E-state index contributed by atoms with van der Waals surface area (Å²) >= 11 is 25.1. The van der Waals surface area contributed by atoms with E-state index >= 15 is 0 Å². The van der Waals surface area contributed by atoms with E-state index in [2.05, 4.69) is 4.90 Å². The predicted octanol–water partition coefficient (Wildman–Crippen LogP) is 7.13. The Kier molecular flexibility index (Phi) is 9.49. The average Bonchev–Trinajstić information content (AvgIpc) is 3.69. The van der Waals surface area contributed by atoms with Crippen molar-refractivity contribution in [3.63, 3.8) is 0 Å². The van der Waals surface area contributed by atoms with E-state index < -0.39 is 6.04 Å². The molecule has 0 spiro atoms. The molecule has 1 aliphatic rings. The summed E-state index contributed by atoms with van der Waals surface area (Å²) in [5.74, 6) is 0.773. The van der Waals surface area contributed by atoms with Gasteiger partial charge in [-0.3, -0.25) is 9.69 Å². The first-order valence-electron chi connectivity index (χ1n) is 12.0. The molecule has 1 amide bonds. The molecule has 0 bridgehead atoms. The van der Waals surface area contributed by atoms with Crippen LogP contribution >= 0.6 is 46.4 Å². The van der Waals surface area contributed by atoms with Crippen molar-refractivity contribution < 1.29 is 14.3 Å². The molecule has 1 aliphatic carbocycles. The lowest BCUT2D eigenvalue weighted by molar-refractivity contribution is -0.123. The van der Waals surface area contributed by atoms with Gasteiger partial charge in [-0.05, 0) is 73.2 Å². The monoisotopic (exact) mass is 580 g/mol. The third-order valence-electron chi connectivity index (χ3n) is 6.22. The summed E-state index contributed by atoms with van der Waals surface area (Å²) in [6, 6.07) is 16.6. The van der Waals surface area contributed by atoms with Gasteiger partial charge < -0.3 is 15.2 Å². The molecule has 5 nitrogen and oxygen atoms in total. The maximum absolute atomic E-state index is 12.5. The Hall–Kier alpha value is -2.15. The number of hydrogen-bond donors (Lipinski definition) is 1. The minimum Gasteiger partial charge on any atom is -0.490 e. The van der Waals surface area contributed by atoms with E-state index in [-0.39, 0.29) is 12.5 Å². The molecular formula is C28H28Cl4N2O3. The number of rotatable bonds is 12. The van der Waals surface area contributed by atoms with Crippen molar-refractivity contribution in [2.45, 2.75) is 44.8 Å². The van der Waals surface area contributed by atoms with Crippen LogP contribution < -0.4 is 15.2 Å². The molecule has 196 valence electrons. The van der Waals surface area contributed by atoms with E-state index in [1.165, 1.54) is 0 Å². The van der Waals surface area contributed by atoms with Gasteiger partial charge in [0, 0.05) is 12.6 Å². The van der Waals surface area contributed by atoms with Crippen LogP contribution in [0.15, 0.2) is 54.6 Å². The summed E-state index contributed by atoms with van der Waals surface area (Å²) in [5, 5.41) is 1.94. The zero-order valence-electron chi connectivity index (χ0n) is 20.4. The van der Waals surface area contributed by atoms with Gasteiger partial charge >= 0.3 is 0 Å². The van der Waals surface area contributed by atoms with Gasteiger partial charge in [-0.2, -0.15) is 0 Å². The molecule has 0 radical (unpaired) electrons. The van der Waals surface area contributed by atoms with Gasteiger partial charge in [0.05, 0.1) is 26.1 Å². The normalized spacial score (nSPS) is 14.0. The number of nitrogens with zero attached hydrogens (tertiary/aromatic N) is 1. The smallest absolute Gasteiger partial charge is 0.235 e. The number of carbonyl (C=O) groups is 1. The Morgan fingerprint density at radius 2 is 1.62 bits per heavy atom. The van der Waals surface area contributed by atoms with Gasteiger partial charge in [0.15, 0.2) is 5.75 Å². The second kappa shape index (κ2) is 12.6. The first kappa shape index (κ1) is 27.9. The zero-order chi connectivity index (χ0) is 26.5. The number of hydrogen-bond acceptors (Lipinski definition) is 4. The van der Waals surface area contributed by atoms with Crippen molar-refractivity contribution in [3.05, 3.63) is 91.4 Å². The number of carbonyl (C=O) groups excluding carboxylic acids is 1. The van der Waals surface area contributed by atoms with Crippen LogP contribution in [0.5, 0.6) is 11.5 Å². The predicted molar refractivity (Wildman–Crippen MR) is 150 cm³/mol. The number of benzene rings is 3. The van der Waals surface area contributed by atoms with Gasteiger partial charge in [0.1, 0.15) is 19.0 Å². The first-order chi connectivity index (χ1) is 17.7. The molecule has 3 aromatic rings. The third-order valence-corrected chi connectivity index (χ3v) is 7.64. The standard InChI is InChI=1S/C28H28Cl4N2O3/c1-17-13-23(30)27(24(31)14-17)37-12-11-36-21-9-5-18(6-10-21)15-25(28(33)35)34(20-7-8-20)16-19-3-2-4-22(29)26(19)32/h2-6,9-10,13-14,20,25H,7-8,11-12,15-16H2,1H3,(H2,33,35)/t25-/m0/s1. The largest absolute Gasteiger partial charge is 0.490 e. The molecule has 1 saturated carbocycles. The van der Waals surface area contributed by atoms with E-state index in [1.807, 2.05) is 43.3 Å². The molecular weight excluding hydrogens is 554 g/mol. The van der Waals surface area contributed by atoms with Gasteiger partial charge in [-0.15, -0.1) is 0 Å². The van der Waals surface area contributed by atoms with Gasteiger partial charge in [0.25, 0.3) is 0 Å². The highest BCUT2D eigenvalue weighted by Crippen LogP contribution is 2.35. The fourth-order valence-electron chi connectivity index (χ4n) is 4.22. The Morgan fingerprint density at radius 1 is 0.973 bits per heavy atom. The van der Waals surface area contributed by atoms with Crippen LogP contribution in [0.3, 0.4) is 0 Å². The van der Waals surface area contributed by atoms with Crippen LogP contribution in [0.25, 0.3) is 0 Å². The molecule has 0 aliphatic heterocycles. The Balaban J connectivity index is 1.35. The molecule has 3 aromatic carbocycles. The first-order valence-corrected chi connectivity index (χ1v) is 13.5. The molecule has 0 heterocycles. The van der Waals surface area contributed by atoms with Crippen LogP contribution in [0, 0.1) is 6.92 Å². The summed E-state index contributed by atoms with van der Waals surface area (Å²) in [7, 11) is 0. The van der Waals surface area contributed by atoms with Crippen molar-refractivity contribution in [2.24, 2.45) is 5.73 Å². The summed E-state index contributed by atoms with van der Waals surface area (Å²) < 4.78 is 11.5. The molecule has 1 atom stereocenters. The van der Waals surface area contributed by atoms with Crippen LogP contribution in [0.2, 0.25) is 20.1 Å². The number of nitrogens with two attached hydrogens (primary N) is 1. The van der Waals surface area contributed by atoms with E-state index in [0.29, 0.717) is 57.2 Å². The molecule has 1 fully saturated rings.